The van der Waals surface area contributed by atoms with Gasteiger partial charge in [-0.3, -0.25) is 9.97 Å². The molecular weight excluding hydrogens is 342 g/mol. The molecule has 0 radical (unpaired) electrons. The van der Waals surface area contributed by atoms with E-state index >= 15 is 0 Å². The van der Waals surface area contributed by atoms with E-state index in [1.54, 1.807) is 18.6 Å². The van der Waals surface area contributed by atoms with Crippen LogP contribution in [0, 0.1) is 0 Å². The summed E-state index contributed by atoms with van der Waals surface area (Å²) in [5.41, 5.74) is 5.79. The second-order valence-corrected chi connectivity index (χ2v) is 7.57. The molecule has 0 saturated heterocycles. The number of nitrogens with one attached hydrogen (secondary N) is 1. The quantitative estimate of drug-likeness (QED) is 0.467. The number of benzene rings is 2. The van der Waals surface area contributed by atoms with Crippen molar-refractivity contribution in [3.05, 3.63) is 67.0 Å². The molecule has 4 nitrogen and oxygen atoms in total. The Morgan fingerprint density at radius 2 is 1.62 bits per heavy atom. The van der Waals surface area contributed by atoms with Gasteiger partial charge in [-0.2, -0.15) is 0 Å². The van der Waals surface area contributed by atoms with E-state index in [9.17, 15) is 4.55 Å². The average Bonchev–Trinajstić information content (AvgIpc) is 3.06. The van der Waals surface area contributed by atoms with E-state index in [4.69, 9.17) is 0 Å². The second kappa shape index (κ2) is 5.83. The summed E-state index contributed by atoms with van der Waals surface area (Å²) in [6.45, 7) is 0. The van der Waals surface area contributed by atoms with Crippen molar-refractivity contribution in [2.75, 3.05) is 6.26 Å². The summed E-state index contributed by atoms with van der Waals surface area (Å²) in [4.78, 5) is 13.5. The maximum Gasteiger partial charge on any atom is 0.160 e. The number of aromatic nitrogens is 3. The molecule has 2 aromatic carbocycles. The first-order valence-electron chi connectivity index (χ1n) is 8.31. The van der Waals surface area contributed by atoms with Crippen molar-refractivity contribution in [3.8, 4) is 11.1 Å². The van der Waals surface area contributed by atoms with Crippen molar-refractivity contribution < 1.29 is 4.55 Å². The molecule has 5 aromatic rings. The number of rotatable bonds is 2. The Kier molecular flexibility index (Phi) is 3.45. The molecule has 0 bridgehead atoms. The third kappa shape index (κ3) is 2.21. The van der Waals surface area contributed by atoms with Crippen molar-refractivity contribution in [1.29, 1.82) is 0 Å². The Bertz CT molecular complexity index is 1280. The Morgan fingerprint density at radius 3 is 2.46 bits per heavy atom. The summed E-state index contributed by atoms with van der Waals surface area (Å²) >= 11 is -1.08. The van der Waals surface area contributed by atoms with Crippen LogP contribution < -0.4 is 0 Å². The molecule has 0 saturated carbocycles. The van der Waals surface area contributed by atoms with Crippen molar-refractivity contribution >= 4 is 44.0 Å². The Labute approximate surface area is 153 Å². The van der Waals surface area contributed by atoms with Gasteiger partial charge in [0, 0.05) is 23.3 Å². The molecule has 1 unspecified atom stereocenters. The topological polar surface area (TPSA) is 64.6 Å². The molecule has 26 heavy (non-hydrogen) atoms. The van der Waals surface area contributed by atoms with Crippen LogP contribution in [0.25, 0.3) is 44.0 Å². The number of fused-ring (bicyclic) bond motifs is 5. The smallest absolute Gasteiger partial charge is 0.160 e. The lowest BCUT2D eigenvalue weighted by Gasteiger charge is -2.13. The predicted octanol–water partition coefficient (Wildman–Crippen LogP) is 4.67. The standard InChI is InChI=1S/C21H15N3OS/c1-26(25)18-9-3-2-6-13(18)15-12-17-19(20-14(15)7-4-10-22-20)21-16(24-17)8-5-11-23-21/h2-12,24H,1H3. The molecular formula is C21H15N3OS. The third-order valence-corrected chi connectivity index (χ3v) is 5.67. The average molecular weight is 357 g/mol. The predicted molar refractivity (Wildman–Crippen MR) is 107 cm³/mol. The summed E-state index contributed by atoms with van der Waals surface area (Å²) < 4.78 is 12.3. The highest BCUT2D eigenvalue weighted by molar-refractivity contribution is 7.90. The molecule has 0 spiro atoms. The largest absolute Gasteiger partial charge is 0.612 e. The lowest BCUT2D eigenvalue weighted by molar-refractivity contribution is 0.601. The maximum absolute atomic E-state index is 12.3. The molecule has 126 valence electrons. The van der Waals surface area contributed by atoms with Crippen molar-refractivity contribution in [2.24, 2.45) is 0 Å². The zero-order valence-corrected chi connectivity index (χ0v) is 14.9. The van der Waals surface area contributed by atoms with Crippen LogP contribution in [0.15, 0.2) is 71.9 Å². The minimum atomic E-state index is -1.08. The molecule has 1 N–H and O–H groups in total. The van der Waals surface area contributed by atoms with Gasteiger partial charge in [-0.05, 0) is 53.1 Å². The number of pyridine rings is 2. The minimum Gasteiger partial charge on any atom is -0.612 e. The summed E-state index contributed by atoms with van der Waals surface area (Å²) in [5, 5.41) is 2.06. The Morgan fingerprint density at radius 1 is 0.846 bits per heavy atom. The first kappa shape index (κ1) is 15.4. The van der Waals surface area contributed by atoms with Gasteiger partial charge < -0.3 is 9.54 Å². The lowest BCUT2D eigenvalue weighted by Crippen LogP contribution is -2.00. The van der Waals surface area contributed by atoms with Crippen LogP contribution in [0.2, 0.25) is 0 Å². The SMILES string of the molecule is C[S+]([O-])c1ccccc1-c1cc2[nH]c3cccnc3c2c2ncccc12. The molecule has 0 aliphatic carbocycles. The molecule has 0 aliphatic rings. The molecule has 5 rings (SSSR count). The summed E-state index contributed by atoms with van der Waals surface area (Å²) in [6, 6.07) is 17.9. The molecule has 3 aromatic heterocycles. The van der Waals surface area contributed by atoms with Crippen molar-refractivity contribution in [1.82, 2.24) is 15.0 Å². The van der Waals surface area contributed by atoms with Gasteiger partial charge in [-0.1, -0.05) is 18.2 Å². The molecule has 5 heteroatoms. The van der Waals surface area contributed by atoms with E-state index in [0.717, 1.165) is 48.9 Å². The fraction of sp³-hybridized carbons (Fsp3) is 0.0476. The Hall–Kier alpha value is -2.89. The number of nitrogens with zero attached hydrogens (tertiary/aromatic N) is 2. The minimum absolute atomic E-state index is 0.825. The second-order valence-electron chi connectivity index (χ2n) is 6.22. The van der Waals surface area contributed by atoms with Gasteiger partial charge >= 0.3 is 0 Å². The van der Waals surface area contributed by atoms with Crippen LogP contribution in [0.3, 0.4) is 0 Å². The van der Waals surface area contributed by atoms with Crippen LogP contribution in [-0.2, 0) is 11.2 Å². The van der Waals surface area contributed by atoms with E-state index < -0.39 is 11.2 Å². The summed E-state index contributed by atoms with van der Waals surface area (Å²) in [6.07, 6.45) is 5.32. The third-order valence-electron chi connectivity index (χ3n) is 4.69. The number of H-pyrrole nitrogens is 1. The zero-order chi connectivity index (χ0) is 17.7. The lowest BCUT2D eigenvalue weighted by atomic mass is 9.98. The highest BCUT2D eigenvalue weighted by Crippen LogP contribution is 2.38. The van der Waals surface area contributed by atoms with Crippen molar-refractivity contribution in [2.45, 2.75) is 4.90 Å². The molecule has 0 aliphatic heterocycles. The van der Waals surface area contributed by atoms with Crippen LogP contribution in [0.4, 0.5) is 0 Å². The number of hydrogen-bond acceptors (Lipinski definition) is 3. The van der Waals surface area contributed by atoms with Crippen LogP contribution in [-0.4, -0.2) is 25.8 Å². The first-order chi connectivity index (χ1) is 12.7. The number of aromatic amines is 1. The normalized spacial score (nSPS) is 12.8. The van der Waals surface area contributed by atoms with Gasteiger partial charge in [-0.25, -0.2) is 0 Å². The van der Waals surface area contributed by atoms with Crippen LogP contribution in [0.5, 0.6) is 0 Å². The molecule has 1 atom stereocenters. The highest BCUT2D eigenvalue weighted by Gasteiger charge is 2.19. The molecule has 0 amide bonds. The highest BCUT2D eigenvalue weighted by atomic mass is 32.2. The van der Waals surface area contributed by atoms with Gasteiger partial charge in [0.25, 0.3) is 0 Å². The van der Waals surface area contributed by atoms with Gasteiger partial charge in [0.15, 0.2) is 4.90 Å². The summed E-state index contributed by atoms with van der Waals surface area (Å²) in [7, 11) is 0. The first-order valence-corrected chi connectivity index (χ1v) is 9.87. The van der Waals surface area contributed by atoms with Crippen molar-refractivity contribution in [3.63, 3.8) is 0 Å². The fourth-order valence-corrected chi connectivity index (χ4v) is 4.35. The van der Waals surface area contributed by atoms with Crippen LogP contribution >= 0.6 is 0 Å². The molecule has 0 fully saturated rings. The summed E-state index contributed by atoms with van der Waals surface area (Å²) in [5.74, 6) is 0. The Balaban J connectivity index is 1.97. The monoisotopic (exact) mass is 357 g/mol. The van der Waals surface area contributed by atoms with Crippen LogP contribution in [0.1, 0.15) is 0 Å². The van der Waals surface area contributed by atoms with E-state index in [1.165, 1.54) is 0 Å². The van der Waals surface area contributed by atoms with Gasteiger partial charge in [-0.15, -0.1) is 0 Å². The van der Waals surface area contributed by atoms with Gasteiger partial charge in [0.05, 0.1) is 27.5 Å². The zero-order valence-electron chi connectivity index (χ0n) is 14.1. The van der Waals surface area contributed by atoms with E-state index in [1.807, 2.05) is 42.5 Å². The van der Waals surface area contributed by atoms with Gasteiger partial charge in [0.2, 0.25) is 0 Å². The molecule has 3 heterocycles. The van der Waals surface area contributed by atoms with Gasteiger partial charge in [0.1, 0.15) is 6.26 Å². The fourth-order valence-electron chi connectivity index (χ4n) is 3.60. The van der Waals surface area contributed by atoms with E-state index in [-0.39, 0.29) is 0 Å². The number of hydrogen-bond donors (Lipinski definition) is 1. The van der Waals surface area contributed by atoms with E-state index in [2.05, 4.69) is 27.1 Å². The van der Waals surface area contributed by atoms with E-state index in [0.29, 0.717) is 0 Å². The maximum atomic E-state index is 12.3.